The van der Waals surface area contributed by atoms with Gasteiger partial charge in [0.25, 0.3) is 0 Å². The quantitative estimate of drug-likeness (QED) is 0.694. The second-order valence-corrected chi connectivity index (χ2v) is 5.69. The first-order valence-corrected chi connectivity index (χ1v) is 7.71. The van der Waals surface area contributed by atoms with Gasteiger partial charge in [0, 0.05) is 23.6 Å². The van der Waals surface area contributed by atoms with Crippen LogP contribution >= 0.6 is 15.9 Å². The van der Waals surface area contributed by atoms with Crippen LogP contribution < -0.4 is 11.1 Å². The Kier molecular flexibility index (Phi) is 4.47. The predicted molar refractivity (Wildman–Crippen MR) is 88.9 cm³/mol. The van der Waals surface area contributed by atoms with E-state index in [1.165, 1.54) is 16.9 Å². The predicted octanol–water partition coefficient (Wildman–Crippen LogP) is 2.78. The fraction of sp³-hybridized carbons (Fsp3) is 0.125. The van der Waals surface area contributed by atoms with Crippen LogP contribution in [0.5, 0.6) is 0 Å². The average Bonchev–Trinajstić information content (AvgIpc) is 3.13. The lowest BCUT2D eigenvalue weighted by molar-refractivity contribution is -0.116. The SMILES string of the molecule is O=C(/C=C/c1ccco1)NCCn1c(=O)oc2cc(Br)ccc21. The summed E-state index contributed by atoms with van der Waals surface area (Å²) < 4.78 is 12.6. The summed E-state index contributed by atoms with van der Waals surface area (Å²) in [4.78, 5) is 23.6. The van der Waals surface area contributed by atoms with Crippen molar-refractivity contribution in [2.45, 2.75) is 6.54 Å². The van der Waals surface area contributed by atoms with Crippen LogP contribution in [-0.4, -0.2) is 17.0 Å². The monoisotopic (exact) mass is 376 g/mol. The maximum Gasteiger partial charge on any atom is 0.420 e. The summed E-state index contributed by atoms with van der Waals surface area (Å²) in [6.07, 6.45) is 4.49. The van der Waals surface area contributed by atoms with E-state index < -0.39 is 5.76 Å². The number of carbonyl (C=O) groups excluding carboxylic acids is 1. The molecule has 0 atom stereocenters. The van der Waals surface area contributed by atoms with E-state index >= 15 is 0 Å². The van der Waals surface area contributed by atoms with Crippen molar-refractivity contribution in [1.29, 1.82) is 0 Å². The highest BCUT2D eigenvalue weighted by Gasteiger charge is 2.09. The second-order valence-electron chi connectivity index (χ2n) is 4.77. The van der Waals surface area contributed by atoms with E-state index in [4.69, 9.17) is 8.83 Å². The van der Waals surface area contributed by atoms with Gasteiger partial charge in [0.1, 0.15) is 5.76 Å². The van der Waals surface area contributed by atoms with Gasteiger partial charge in [-0.3, -0.25) is 9.36 Å². The van der Waals surface area contributed by atoms with Gasteiger partial charge < -0.3 is 14.2 Å². The molecule has 0 radical (unpaired) electrons. The number of hydrogen-bond donors (Lipinski definition) is 1. The van der Waals surface area contributed by atoms with Crippen molar-refractivity contribution in [3.8, 4) is 0 Å². The van der Waals surface area contributed by atoms with E-state index in [9.17, 15) is 9.59 Å². The van der Waals surface area contributed by atoms with E-state index in [1.807, 2.05) is 6.07 Å². The normalized spacial score (nSPS) is 11.3. The van der Waals surface area contributed by atoms with Gasteiger partial charge in [-0.25, -0.2) is 4.79 Å². The van der Waals surface area contributed by atoms with Gasteiger partial charge in [-0.2, -0.15) is 0 Å². The molecule has 0 fully saturated rings. The number of rotatable bonds is 5. The van der Waals surface area contributed by atoms with Crippen LogP contribution in [0, 0.1) is 0 Å². The molecule has 0 saturated heterocycles. The van der Waals surface area contributed by atoms with Gasteiger partial charge in [-0.05, 0) is 36.4 Å². The van der Waals surface area contributed by atoms with Crippen LogP contribution in [0.15, 0.2) is 60.8 Å². The van der Waals surface area contributed by atoms with E-state index in [2.05, 4.69) is 21.2 Å². The number of fused-ring (bicyclic) bond motifs is 1. The smallest absolute Gasteiger partial charge is 0.420 e. The molecule has 23 heavy (non-hydrogen) atoms. The zero-order valence-corrected chi connectivity index (χ0v) is 13.6. The lowest BCUT2D eigenvalue weighted by atomic mass is 10.3. The molecule has 1 amide bonds. The maximum absolute atomic E-state index is 11.8. The molecule has 2 aromatic heterocycles. The first-order valence-electron chi connectivity index (χ1n) is 6.92. The van der Waals surface area contributed by atoms with E-state index in [1.54, 1.807) is 30.3 Å². The molecule has 6 nitrogen and oxygen atoms in total. The number of oxazole rings is 1. The van der Waals surface area contributed by atoms with Crippen molar-refractivity contribution in [2.24, 2.45) is 0 Å². The molecule has 0 aliphatic rings. The molecule has 1 aromatic carbocycles. The Balaban J connectivity index is 1.62. The maximum atomic E-state index is 11.8. The molecule has 1 N–H and O–H groups in total. The lowest BCUT2D eigenvalue weighted by Crippen LogP contribution is -2.28. The van der Waals surface area contributed by atoms with Crippen molar-refractivity contribution in [3.05, 3.63) is 63.5 Å². The molecule has 3 rings (SSSR count). The largest absolute Gasteiger partial charge is 0.465 e. The molecule has 0 bridgehead atoms. The highest BCUT2D eigenvalue weighted by molar-refractivity contribution is 9.10. The first kappa shape index (κ1) is 15.4. The third-order valence-corrected chi connectivity index (χ3v) is 3.70. The summed E-state index contributed by atoms with van der Waals surface area (Å²) in [5.41, 5.74) is 1.20. The molecule has 3 aromatic rings. The Morgan fingerprint density at radius 3 is 3.00 bits per heavy atom. The van der Waals surface area contributed by atoms with Crippen molar-refractivity contribution < 1.29 is 13.6 Å². The lowest BCUT2D eigenvalue weighted by Gasteiger charge is -2.03. The van der Waals surface area contributed by atoms with Gasteiger partial charge in [0.05, 0.1) is 11.8 Å². The van der Waals surface area contributed by atoms with Gasteiger partial charge in [-0.1, -0.05) is 15.9 Å². The highest BCUT2D eigenvalue weighted by Crippen LogP contribution is 2.18. The standard InChI is InChI=1S/C16H13BrN2O4/c17-11-3-5-13-14(10-11)23-16(21)19(13)8-7-18-15(20)6-4-12-2-1-9-22-12/h1-6,9-10H,7-8H2,(H,18,20)/b6-4+. The zero-order chi connectivity index (χ0) is 16.2. The highest BCUT2D eigenvalue weighted by atomic mass is 79.9. The molecule has 0 aliphatic heterocycles. The fourth-order valence-electron chi connectivity index (χ4n) is 2.15. The molecular weight excluding hydrogens is 364 g/mol. The minimum absolute atomic E-state index is 0.259. The minimum Gasteiger partial charge on any atom is -0.465 e. The first-order chi connectivity index (χ1) is 11.1. The van der Waals surface area contributed by atoms with Crippen LogP contribution in [0.25, 0.3) is 17.2 Å². The average molecular weight is 377 g/mol. The number of furan rings is 1. The topological polar surface area (TPSA) is 77.4 Å². The van der Waals surface area contributed by atoms with Crippen molar-refractivity contribution in [1.82, 2.24) is 9.88 Å². The number of benzene rings is 1. The number of hydrogen-bond acceptors (Lipinski definition) is 4. The van der Waals surface area contributed by atoms with E-state index in [0.717, 1.165) is 4.47 Å². The van der Waals surface area contributed by atoms with Gasteiger partial charge in [0.2, 0.25) is 5.91 Å². The number of halogens is 1. The van der Waals surface area contributed by atoms with Gasteiger partial charge >= 0.3 is 5.76 Å². The summed E-state index contributed by atoms with van der Waals surface area (Å²) >= 11 is 3.33. The van der Waals surface area contributed by atoms with Crippen LogP contribution in [0.4, 0.5) is 0 Å². The van der Waals surface area contributed by atoms with Crippen molar-refractivity contribution in [2.75, 3.05) is 6.54 Å². The van der Waals surface area contributed by atoms with Crippen LogP contribution in [-0.2, 0) is 11.3 Å². The van der Waals surface area contributed by atoms with Gasteiger partial charge in [-0.15, -0.1) is 0 Å². The molecule has 7 heteroatoms. The third kappa shape index (κ3) is 3.62. The fourth-order valence-corrected chi connectivity index (χ4v) is 2.49. The number of nitrogens with one attached hydrogen (secondary N) is 1. The van der Waals surface area contributed by atoms with E-state index in [0.29, 0.717) is 29.9 Å². The summed E-state index contributed by atoms with van der Waals surface area (Å²) in [6.45, 7) is 0.639. The Hall–Kier alpha value is -2.54. The molecule has 0 saturated carbocycles. The summed E-state index contributed by atoms with van der Waals surface area (Å²) in [5.74, 6) is -0.105. The molecular formula is C16H13BrN2O4. The van der Waals surface area contributed by atoms with Crippen LogP contribution in [0.2, 0.25) is 0 Å². The molecule has 0 aliphatic carbocycles. The Morgan fingerprint density at radius 1 is 1.35 bits per heavy atom. The molecule has 2 heterocycles. The van der Waals surface area contributed by atoms with Crippen molar-refractivity contribution >= 4 is 39.0 Å². The Morgan fingerprint density at radius 2 is 2.22 bits per heavy atom. The number of aromatic nitrogens is 1. The molecule has 0 spiro atoms. The summed E-state index contributed by atoms with van der Waals surface area (Å²) in [7, 11) is 0. The van der Waals surface area contributed by atoms with Crippen molar-refractivity contribution in [3.63, 3.8) is 0 Å². The Labute approximate surface area is 139 Å². The van der Waals surface area contributed by atoms with Gasteiger partial charge in [0.15, 0.2) is 5.58 Å². The number of carbonyl (C=O) groups is 1. The van der Waals surface area contributed by atoms with Crippen LogP contribution in [0.3, 0.4) is 0 Å². The van der Waals surface area contributed by atoms with Crippen LogP contribution in [0.1, 0.15) is 5.76 Å². The number of nitrogens with zero attached hydrogens (tertiary/aromatic N) is 1. The molecule has 0 unspecified atom stereocenters. The summed E-state index contributed by atoms with van der Waals surface area (Å²) in [6, 6.07) is 8.85. The molecule has 118 valence electrons. The van der Waals surface area contributed by atoms with E-state index in [-0.39, 0.29) is 5.91 Å². The zero-order valence-electron chi connectivity index (χ0n) is 12.0. The summed E-state index contributed by atoms with van der Waals surface area (Å²) in [5, 5.41) is 2.71. The minimum atomic E-state index is -0.446. The third-order valence-electron chi connectivity index (χ3n) is 3.21. The Bertz CT molecular complexity index is 906. The number of amides is 1. The second kappa shape index (κ2) is 6.70.